The van der Waals surface area contributed by atoms with Crippen molar-refractivity contribution in [2.24, 2.45) is 0 Å². The Hall–Kier alpha value is -4.82. The van der Waals surface area contributed by atoms with Gasteiger partial charge in [0.1, 0.15) is 5.56 Å². The predicted molar refractivity (Wildman–Crippen MR) is 109 cm³/mol. The van der Waals surface area contributed by atoms with E-state index < -0.39 is 43.1 Å². The van der Waals surface area contributed by atoms with Crippen LogP contribution < -0.4 is 9.47 Å². The molecule has 0 radical (unpaired) electrons. The Bertz CT molecular complexity index is 1100. The molecule has 15 heteroatoms. The molecule has 0 aromatic heterocycles. The van der Waals surface area contributed by atoms with Gasteiger partial charge in [0.15, 0.2) is 29.8 Å². The lowest BCUT2D eigenvalue weighted by molar-refractivity contribution is -0.423. The standard InChI is InChI=1S/C9H8N2O7.C9H9NO5/c1-2-18-6-3-5(4-12)7(10(14)15)8(9(6)13)11(16)17;1-2-15-9-3-6(5-11)7(10(13)14)4-8(9)12/h3-4,13H,2H2,1H3;3-5,12H,2H2,1H3. The zero-order valence-electron chi connectivity index (χ0n) is 17.1. The summed E-state index contributed by atoms with van der Waals surface area (Å²) in [5, 5.41) is 50.9. The van der Waals surface area contributed by atoms with Gasteiger partial charge in [-0.15, -0.1) is 0 Å². The summed E-state index contributed by atoms with van der Waals surface area (Å²) in [7, 11) is 0. The van der Waals surface area contributed by atoms with Crippen molar-refractivity contribution in [3.63, 3.8) is 0 Å². The van der Waals surface area contributed by atoms with Crippen molar-refractivity contribution >= 4 is 29.6 Å². The number of phenolic OH excluding ortho intramolecular Hbond substituents is 2. The number of rotatable bonds is 9. The van der Waals surface area contributed by atoms with Crippen LogP contribution in [-0.2, 0) is 0 Å². The van der Waals surface area contributed by atoms with E-state index in [2.05, 4.69) is 0 Å². The predicted octanol–water partition coefficient (Wildman–Crippen LogP) is 2.93. The molecule has 0 spiro atoms. The van der Waals surface area contributed by atoms with Crippen molar-refractivity contribution in [2.75, 3.05) is 13.2 Å². The van der Waals surface area contributed by atoms with Gasteiger partial charge >= 0.3 is 11.4 Å². The summed E-state index contributed by atoms with van der Waals surface area (Å²) in [5.41, 5.74) is -3.32. The molecule has 2 N–H and O–H groups in total. The van der Waals surface area contributed by atoms with Crippen LogP contribution in [0, 0.1) is 30.3 Å². The number of aldehydes is 2. The summed E-state index contributed by atoms with van der Waals surface area (Å²) in [4.78, 5) is 50.3. The van der Waals surface area contributed by atoms with E-state index in [9.17, 15) is 50.1 Å². The minimum atomic E-state index is -1.16. The fourth-order valence-corrected chi connectivity index (χ4v) is 2.46. The molecule has 176 valence electrons. The van der Waals surface area contributed by atoms with Crippen LogP contribution in [0.5, 0.6) is 23.0 Å². The second kappa shape index (κ2) is 11.5. The molecule has 0 amide bonds. The molecule has 0 unspecified atom stereocenters. The Kier molecular flexibility index (Phi) is 9.17. The number of aromatic hydroxyl groups is 2. The molecule has 2 aromatic rings. The molecule has 0 bridgehead atoms. The molecular formula is C18H17N3O12. The van der Waals surface area contributed by atoms with Crippen molar-refractivity contribution in [1.29, 1.82) is 0 Å². The quantitative estimate of drug-likeness (QED) is 0.308. The van der Waals surface area contributed by atoms with Gasteiger partial charge in [-0.3, -0.25) is 39.9 Å². The highest BCUT2D eigenvalue weighted by Gasteiger charge is 2.35. The molecule has 2 rings (SSSR count). The molecule has 0 heterocycles. The van der Waals surface area contributed by atoms with Crippen LogP contribution in [0.15, 0.2) is 18.2 Å². The van der Waals surface area contributed by atoms with E-state index in [1.807, 2.05) is 0 Å². The van der Waals surface area contributed by atoms with Crippen LogP contribution in [0.2, 0.25) is 0 Å². The van der Waals surface area contributed by atoms with Crippen LogP contribution >= 0.6 is 0 Å². The van der Waals surface area contributed by atoms with E-state index in [1.165, 1.54) is 0 Å². The van der Waals surface area contributed by atoms with E-state index in [0.29, 0.717) is 12.9 Å². The molecule has 33 heavy (non-hydrogen) atoms. The molecule has 2 aromatic carbocycles. The van der Waals surface area contributed by atoms with Gasteiger partial charge in [-0.1, -0.05) is 0 Å². The Labute approximate surface area is 184 Å². The largest absolute Gasteiger partial charge is 0.504 e. The first-order chi connectivity index (χ1) is 15.5. The average Bonchev–Trinajstić information content (AvgIpc) is 2.75. The highest BCUT2D eigenvalue weighted by Crippen LogP contribution is 2.44. The van der Waals surface area contributed by atoms with E-state index in [1.54, 1.807) is 13.8 Å². The summed E-state index contributed by atoms with van der Waals surface area (Å²) < 4.78 is 9.85. The first-order valence-electron chi connectivity index (χ1n) is 8.89. The monoisotopic (exact) mass is 467 g/mol. The van der Waals surface area contributed by atoms with Crippen LogP contribution in [0.4, 0.5) is 17.1 Å². The van der Waals surface area contributed by atoms with Gasteiger partial charge in [0.25, 0.3) is 5.69 Å². The zero-order chi connectivity index (χ0) is 25.3. The maximum absolute atomic E-state index is 10.7. The number of nitro benzene ring substituents is 3. The van der Waals surface area contributed by atoms with E-state index >= 15 is 0 Å². The van der Waals surface area contributed by atoms with Gasteiger partial charge in [0, 0.05) is 12.1 Å². The van der Waals surface area contributed by atoms with Crippen LogP contribution in [0.3, 0.4) is 0 Å². The van der Waals surface area contributed by atoms with Crippen molar-refractivity contribution in [3.05, 3.63) is 59.7 Å². The first-order valence-corrected chi connectivity index (χ1v) is 8.89. The Balaban J connectivity index is 0.000000335. The zero-order valence-corrected chi connectivity index (χ0v) is 17.1. The van der Waals surface area contributed by atoms with Crippen molar-refractivity contribution in [1.82, 2.24) is 0 Å². The fourth-order valence-electron chi connectivity index (χ4n) is 2.46. The lowest BCUT2D eigenvalue weighted by atomic mass is 10.1. The summed E-state index contributed by atoms with van der Waals surface area (Å²) in [6, 6.07) is 2.93. The lowest BCUT2D eigenvalue weighted by Gasteiger charge is -2.07. The molecule has 0 fully saturated rings. The minimum absolute atomic E-state index is 0.0604. The third-order valence-electron chi connectivity index (χ3n) is 3.77. The van der Waals surface area contributed by atoms with Crippen LogP contribution in [0.1, 0.15) is 34.6 Å². The first kappa shape index (κ1) is 26.2. The van der Waals surface area contributed by atoms with Crippen molar-refractivity contribution < 1.29 is 44.0 Å². The normalized spacial score (nSPS) is 9.76. The number of hydrogen-bond donors (Lipinski definition) is 2. The van der Waals surface area contributed by atoms with Gasteiger partial charge in [0.05, 0.1) is 39.6 Å². The topological polar surface area (TPSA) is 222 Å². The van der Waals surface area contributed by atoms with Gasteiger partial charge < -0.3 is 19.7 Å². The van der Waals surface area contributed by atoms with E-state index in [0.717, 1.165) is 18.2 Å². The summed E-state index contributed by atoms with van der Waals surface area (Å²) in [6.45, 7) is 3.61. The number of phenols is 2. The highest BCUT2D eigenvalue weighted by atomic mass is 16.6. The number of nitro groups is 3. The van der Waals surface area contributed by atoms with E-state index in [-0.39, 0.29) is 35.7 Å². The minimum Gasteiger partial charge on any atom is -0.504 e. The maximum atomic E-state index is 10.7. The molecule has 0 atom stereocenters. The van der Waals surface area contributed by atoms with Gasteiger partial charge in [-0.25, -0.2) is 0 Å². The van der Waals surface area contributed by atoms with E-state index in [4.69, 9.17) is 9.47 Å². The maximum Gasteiger partial charge on any atom is 0.391 e. The summed E-state index contributed by atoms with van der Waals surface area (Å²) in [6.07, 6.45) is 0.438. The molecule has 0 aliphatic heterocycles. The number of benzene rings is 2. The third-order valence-corrected chi connectivity index (χ3v) is 3.77. The van der Waals surface area contributed by atoms with Crippen LogP contribution in [0.25, 0.3) is 0 Å². The molecule has 0 aliphatic carbocycles. The molecule has 0 saturated heterocycles. The lowest BCUT2D eigenvalue weighted by Crippen LogP contribution is -2.03. The highest BCUT2D eigenvalue weighted by molar-refractivity contribution is 5.88. The Morgan fingerprint density at radius 1 is 0.788 bits per heavy atom. The van der Waals surface area contributed by atoms with Crippen molar-refractivity contribution in [2.45, 2.75) is 13.8 Å². The molecule has 0 aliphatic rings. The Morgan fingerprint density at radius 3 is 1.70 bits per heavy atom. The smallest absolute Gasteiger partial charge is 0.391 e. The number of ether oxygens (including phenoxy) is 2. The van der Waals surface area contributed by atoms with Crippen LogP contribution in [-0.4, -0.2) is 50.8 Å². The van der Waals surface area contributed by atoms with Gasteiger partial charge in [-0.2, -0.15) is 0 Å². The summed E-state index contributed by atoms with van der Waals surface area (Å²) in [5.74, 6) is -1.62. The Morgan fingerprint density at radius 2 is 1.27 bits per heavy atom. The number of carbonyl (C=O) groups excluding carboxylic acids is 2. The molecular weight excluding hydrogens is 450 g/mol. The SMILES string of the molecule is CCOc1cc(C=O)c([N+](=O)[O-])c([N+](=O)[O-])c1O.CCOc1cc(C=O)c([N+](=O)[O-])cc1O. The van der Waals surface area contributed by atoms with Crippen molar-refractivity contribution in [3.8, 4) is 23.0 Å². The molecule has 15 nitrogen and oxygen atoms in total. The number of carbonyl (C=O) groups is 2. The van der Waals surface area contributed by atoms with Gasteiger partial charge in [-0.05, 0) is 13.8 Å². The fraction of sp³-hybridized carbons (Fsp3) is 0.222. The third kappa shape index (κ3) is 6.09. The second-order valence-electron chi connectivity index (χ2n) is 5.76. The van der Waals surface area contributed by atoms with Gasteiger partial charge in [0.2, 0.25) is 5.75 Å². The summed E-state index contributed by atoms with van der Waals surface area (Å²) >= 11 is 0. The second-order valence-corrected chi connectivity index (χ2v) is 5.76. The average molecular weight is 467 g/mol. The number of hydrogen-bond acceptors (Lipinski definition) is 12. The molecule has 0 saturated carbocycles. The number of nitrogens with zero attached hydrogens (tertiary/aromatic N) is 3.